The van der Waals surface area contributed by atoms with E-state index in [1.54, 1.807) is 0 Å². The molecule has 1 amide bonds. The van der Waals surface area contributed by atoms with Gasteiger partial charge in [-0.05, 0) is 24.3 Å². The minimum absolute atomic E-state index is 0.0000148. The number of anilines is 1. The highest BCUT2D eigenvalue weighted by Crippen LogP contribution is 2.34. The molecule has 0 aliphatic carbocycles. The Morgan fingerprint density at radius 1 is 1.31 bits per heavy atom. The van der Waals surface area contributed by atoms with Gasteiger partial charge in [0.25, 0.3) is 5.91 Å². The molecule has 1 aliphatic heterocycles. The number of benzene rings is 1. The maximum Gasteiger partial charge on any atom is 0.416 e. The van der Waals surface area contributed by atoms with Gasteiger partial charge in [-0.3, -0.25) is 4.79 Å². The second-order valence-corrected chi connectivity index (χ2v) is 6.04. The van der Waals surface area contributed by atoms with Crippen molar-refractivity contribution >= 4 is 23.2 Å². The largest absolute Gasteiger partial charge is 0.472 e. The number of ether oxygens (including phenoxy) is 2. The van der Waals surface area contributed by atoms with E-state index in [2.05, 4.69) is 10.3 Å². The quantitative estimate of drug-likeness (QED) is 0.856. The van der Waals surface area contributed by atoms with Gasteiger partial charge in [0.05, 0.1) is 29.5 Å². The number of nitrogens with zero attached hydrogens (tertiary/aromatic N) is 1. The van der Waals surface area contributed by atoms with E-state index in [0.717, 1.165) is 24.6 Å². The van der Waals surface area contributed by atoms with Gasteiger partial charge in [-0.15, -0.1) is 0 Å². The molecular formula is C17H14ClF3N2O3. The highest BCUT2D eigenvalue weighted by atomic mass is 35.5. The van der Waals surface area contributed by atoms with Crippen LogP contribution in [0.3, 0.4) is 0 Å². The van der Waals surface area contributed by atoms with Crippen LogP contribution in [0, 0.1) is 0 Å². The number of amides is 1. The van der Waals surface area contributed by atoms with E-state index in [1.807, 2.05) is 0 Å². The van der Waals surface area contributed by atoms with Crippen molar-refractivity contribution in [1.29, 1.82) is 0 Å². The number of alkyl halides is 3. The molecule has 9 heteroatoms. The van der Waals surface area contributed by atoms with Crippen LogP contribution in [-0.2, 0) is 10.9 Å². The summed E-state index contributed by atoms with van der Waals surface area (Å²) in [5.74, 6) is -0.385. The summed E-state index contributed by atoms with van der Waals surface area (Å²) in [6.07, 6.45) is -2.57. The first kappa shape index (κ1) is 18.5. The third-order valence-corrected chi connectivity index (χ3v) is 4.04. The molecule has 138 valence electrons. The van der Waals surface area contributed by atoms with E-state index in [4.69, 9.17) is 21.1 Å². The standard InChI is InChI=1S/C17H14ClF3N2O3/c18-13-2-1-11(17(19,20)21)8-14(13)23-16(24)10-3-5-22-15(7-10)26-12-4-6-25-9-12/h1-3,5,7-8,12H,4,6,9H2,(H,23,24). The van der Waals surface area contributed by atoms with Crippen LogP contribution >= 0.6 is 11.6 Å². The molecule has 3 rings (SSSR count). The molecule has 2 heterocycles. The SMILES string of the molecule is O=C(Nc1cc(C(F)(F)F)ccc1Cl)c1ccnc(OC2CCOC2)c1. The van der Waals surface area contributed by atoms with Crippen LogP contribution in [0.1, 0.15) is 22.3 Å². The van der Waals surface area contributed by atoms with Crippen LogP contribution in [0.2, 0.25) is 5.02 Å². The van der Waals surface area contributed by atoms with E-state index in [1.165, 1.54) is 18.3 Å². The molecule has 0 radical (unpaired) electrons. The first-order valence-electron chi connectivity index (χ1n) is 7.71. The van der Waals surface area contributed by atoms with E-state index in [-0.39, 0.29) is 28.3 Å². The van der Waals surface area contributed by atoms with Gasteiger partial charge in [-0.2, -0.15) is 13.2 Å². The summed E-state index contributed by atoms with van der Waals surface area (Å²) in [6.45, 7) is 1.04. The minimum atomic E-state index is -4.54. The summed E-state index contributed by atoms with van der Waals surface area (Å²) in [5.41, 5.74) is -0.852. The monoisotopic (exact) mass is 386 g/mol. The second-order valence-electron chi connectivity index (χ2n) is 5.63. The Labute approximate surface area is 152 Å². The zero-order chi connectivity index (χ0) is 18.7. The molecule has 1 atom stereocenters. The maximum absolute atomic E-state index is 12.8. The summed E-state index contributed by atoms with van der Waals surface area (Å²) in [6, 6.07) is 5.56. The van der Waals surface area contributed by atoms with E-state index < -0.39 is 17.6 Å². The summed E-state index contributed by atoms with van der Waals surface area (Å²) in [4.78, 5) is 16.4. The second kappa shape index (κ2) is 7.51. The highest BCUT2D eigenvalue weighted by molar-refractivity contribution is 6.34. The number of hydrogen-bond acceptors (Lipinski definition) is 4. The van der Waals surface area contributed by atoms with Crippen LogP contribution in [0.5, 0.6) is 5.88 Å². The smallest absolute Gasteiger partial charge is 0.416 e. The van der Waals surface area contributed by atoms with Crippen molar-refractivity contribution in [2.75, 3.05) is 18.5 Å². The topological polar surface area (TPSA) is 60.5 Å². The normalized spacial score (nSPS) is 17.2. The Bertz CT molecular complexity index is 808. The molecule has 1 aromatic carbocycles. The first-order chi connectivity index (χ1) is 12.3. The molecule has 1 unspecified atom stereocenters. The predicted molar refractivity (Wildman–Crippen MR) is 88.5 cm³/mol. The van der Waals surface area contributed by atoms with Crippen LogP contribution < -0.4 is 10.1 Å². The molecular weight excluding hydrogens is 373 g/mol. The molecule has 0 saturated carbocycles. The molecule has 1 saturated heterocycles. The van der Waals surface area contributed by atoms with Gasteiger partial charge in [0.1, 0.15) is 6.10 Å². The number of carbonyl (C=O) groups excluding carboxylic acids is 1. The summed E-state index contributed by atoms with van der Waals surface area (Å²) >= 11 is 5.89. The lowest BCUT2D eigenvalue weighted by atomic mass is 10.2. The molecule has 26 heavy (non-hydrogen) atoms. The number of pyridine rings is 1. The van der Waals surface area contributed by atoms with Crippen LogP contribution in [0.15, 0.2) is 36.5 Å². The van der Waals surface area contributed by atoms with Crippen molar-refractivity contribution in [2.24, 2.45) is 0 Å². The third-order valence-electron chi connectivity index (χ3n) is 3.71. The number of carbonyl (C=O) groups is 1. The number of nitrogens with one attached hydrogen (secondary N) is 1. The van der Waals surface area contributed by atoms with Gasteiger partial charge >= 0.3 is 6.18 Å². The van der Waals surface area contributed by atoms with Crippen molar-refractivity contribution in [2.45, 2.75) is 18.7 Å². The number of rotatable bonds is 4. The van der Waals surface area contributed by atoms with Crippen molar-refractivity contribution in [3.8, 4) is 5.88 Å². The summed E-state index contributed by atoms with van der Waals surface area (Å²) < 4.78 is 49.3. The Kier molecular flexibility index (Phi) is 5.33. The number of halogens is 4. The Morgan fingerprint density at radius 2 is 2.12 bits per heavy atom. The van der Waals surface area contributed by atoms with E-state index >= 15 is 0 Å². The highest BCUT2D eigenvalue weighted by Gasteiger charge is 2.31. The average Bonchev–Trinajstić information content (AvgIpc) is 3.09. The molecule has 0 bridgehead atoms. The molecule has 1 aromatic heterocycles. The third kappa shape index (κ3) is 4.44. The fourth-order valence-electron chi connectivity index (χ4n) is 2.38. The molecule has 2 aromatic rings. The summed E-state index contributed by atoms with van der Waals surface area (Å²) in [7, 11) is 0. The predicted octanol–water partition coefficient (Wildman–Crippen LogP) is 4.17. The zero-order valence-corrected chi connectivity index (χ0v) is 14.1. The van der Waals surface area contributed by atoms with Crippen LogP contribution in [0.4, 0.5) is 18.9 Å². The lowest BCUT2D eigenvalue weighted by Gasteiger charge is -2.13. The van der Waals surface area contributed by atoms with Gasteiger partial charge in [-0.25, -0.2) is 4.98 Å². The van der Waals surface area contributed by atoms with Crippen LogP contribution in [0.25, 0.3) is 0 Å². The minimum Gasteiger partial charge on any atom is -0.472 e. The molecule has 1 fully saturated rings. The Hall–Kier alpha value is -2.32. The molecule has 1 N–H and O–H groups in total. The fourth-order valence-corrected chi connectivity index (χ4v) is 2.55. The zero-order valence-electron chi connectivity index (χ0n) is 13.3. The van der Waals surface area contributed by atoms with Gasteiger partial charge in [0.2, 0.25) is 5.88 Å². The van der Waals surface area contributed by atoms with Crippen molar-refractivity contribution in [1.82, 2.24) is 4.98 Å². The van der Waals surface area contributed by atoms with Crippen molar-refractivity contribution in [3.05, 3.63) is 52.7 Å². The summed E-state index contributed by atoms with van der Waals surface area (Å²) in [5, 5.41) is 2.38. The first-order valence-corrected chi connectivity index (χ1v) is 8.09. The average molecular weight is 387 g/mol. The number of hydrogen-bond donors (Lipinski definition) is 1. The molecule has 5 nitrogen and oxygen atoms in total. The molecule has 0 spiro atoms. The van der Waals surface area contributed by atoms with Gasteiger partial charge in [0, 0.05) is 24.2 Å². The number of aromatic nitrogens is 1. The fraction of sp³-hybridized carbons (Fsp3) is 0.294. The van der Waals surface area contributed by atoms with E-state index in [9.17, 15) is 18.0 Å². The van der Waals surface area contributed by atoms with Gasteiger partial charge in [0.15, 0.2) is 0 Å². The maximum atomic E-state index is 12.8. The van der Waals surface area contributed by atoms with Crippen molar-refractivity contribution < 1.29 is 27.4 Å². The van der Waals surface area contributed by atoms with Gasteiger partial charge < -0.3 is 14.8 Å². The van der Waals surface area contributed by atoms with Crippen molar-refractivity contribution in [3.63, 3.8) is 0 Å². The van der Waals surface area contributed by atoms with E-state index in [0.29, 0.717) is 13.2 Å². The molecule has 1 aliphatic rings. The van der Waals surface area contributed by atoms with Gasteiger partial charge in [-0.1, -0.05) is 11.6 Å². The van der Waals surface area contributed by atoms with Crippen LogP contribution in [-0.4, -0.2) is 30.2 Å². The lowest BCUT2D eigenvalue weighted by Crippen LogP contribution is -2.18. The lowest BCUT2D eigenvalue weighted by molar-refractivity contribution is -0.137. The Balaban J connectivity index is 1.76. The Morgan fingerprint density at radius 3 is 2.81 bits per heavy atom.